The molecule has 2 aromatic carbocycles. The lowest BCUT2D eigenvalue weighted by atomic mass is 9.96. The zero-order valence-corrected chi connectivity index (χ0v) is 15.9. The van der Waals surface area contributed by atoms with E-state index in [-0.39, 0.29) is 11.8 Å². The molecule has 0 spiro atoms. The third-order valence-electron chi connectivity index (χ3n) is 4.57. The Morgan fingerprint density at radius 2 is 2.04 bits per heavy atom. The number of carbonyl (C=O) groups is 1. The molecule has 0 aliphatic carbocycles. The van der Waals surface area contributed by atoms with Crippen molar-refractivity contribution < 1.29 is 9.53 Å². The van der Waals surface area contributed by atoms with Gasteiger partial charge in [0.05, 0.1) is 28.7 Å². The first kappa shape index (κ1) is 17.9. The van der Waals surface area contributed by atoms with E-state index in [0.29, 0.717) is 35.4 Å². The number of hydrogen-bond acceptors (Lipinski definition) is 3. The summed E-state index contributed by atoms with van der Waals surface area (Å²) >= 11 is 12.3. The molecular weight excluding hydrogens is 385 g/mol. The van der Waals surface area contributed by atoms with Crippen molar-refractivity contribution in [1.29, 1.82) is 0 Å². The molecule has 27 heavy (non-hydrogen) atoms. The molecule has 0 saturated heterocycles. The van der Waals surface area contributed by atoms with Gasteiger partial charge in [0.1, 0.15) is 18.2 Å². The summed E-state index contributed by atoms with van der Waals surface area (Å²) in [4.78, 5) is 12.7. The molecule has 0 fully saturated rings. The highest BCUT2D eigenvalue weighted by atomic mass is 35.5. The summed E-state index contributed by atoms with van der Waals surface area (Å²) in [7, 11) is 0. The maximum atomic E-state index is 12.7. The van der Waals surface area contributed by atoms with Crippen LogP contribution in [0.2, 0.25) is 10.0 Å². The third kappa shape index (κ3) is 3.80. The zero-order valence-electron chi connectivity index (χ0n) is 14.4. The second-order valence-electron chi connectivity index (χ2n) is 6.40. The molecule has 3 aromatic rings. The van der Waals surface area contributed by atoms with E-state index in [2.05, 4.69) is 10.4 Å². The number of ether oxygens (including phenoxy) is 1. The second kappa shape index (κ2) is 7.62. The number of fused-ring (bicyclic) bond motifs is 1. The normalized spacial score (nSPS) is 15.7. The Bertz CT molecular complexity index is 987. The molecular formula is C20H17Cl2N3O2. The molecule has 7 heteroatoms. The van der Waals surface area contributed by atoms with Gasteiger partial charge in [-0.1, -0.05) is 53.5 Å². The van der Waals surface area contributed by atoms with Crippen molar-refractivity contribution >= 4 is 34.9 Å². The summed E-state index contributed by atoms with van der Waals surface area (Å²) < 4.78 is 7.40. The largest absolute Gasteiger partial charge is 0.492 e. The van der Waals surface area contributed by atoms with Crippen LogP contribution in [-0.2, 0) is 17.8 Å². The topological polar surface area (TPSA) is 56.2 Å². The van der Waals surface area contributed by atoms with E-state index in [0.717, 1.165) is 16.9 Å². The number of nitrogens with zero attached hydrogens (tertiary/aromatic N) is 2. The van der Waals surface area contributed by atoms with Gasteiger partial charge in [-0.15, -0.1) is 0 Å². The summed E-state index contributed by atoms with van der Waals surface area (Å²) in [6, 6.07) is 15.0. The number of rotatable bonds is 4. The first-order valence-corrected chi connectivity index (χ1v) is 9.33. The van der Waals surface area contributed by atoms with Crippen molar-refractivity contribution in [2.24, 2.45) is 5.92 Å². The van der Waals surface area contributed by atoms with E-state index >= 15 is 0 Å². The van der Waals surface area contributed by atoms with Crippen molar-refractivity contribution in [3.05, 3.63) is 75.9 Å². The summed E-state index contributed by atoms with van der Waals surface area (Å²) in [5, 5.41) is 8.22. The Morgan fingerprint density at radius 1 is 1.19 bits per heavy atom. The van der Waals surface area contributed by atoms with E-state index in [4.69, 9.17) is 27.9 Å². The van der Waals surface area contributed by atoms with Gasteiger partial charge in [0.25, 0.3) is 0 Å². The molecule has 1 aromatic heterocycles. The zero-order chi connectivity index (χ0) is 18.8. The third-order valence-corrected chi connectivity index (χ3v) is 5.43. The molecule has 0 radical (unpaired) electrons. The van der Waals surface area contributed by atoms with E-state index in [9.17, 15) is 4.79 Å². The van der Waals surface area contributed by atoms with E-state index in [1.165, 1.54) is 0 Å². The maximum absolute atomic E-state index is 12.7. The molecule has 1 amide bonds. The lowest BCUT2D eigenvalue weighted by molar-refractivity contribution is -0.121. The Hall–Kier alpha value is -2.50. The fourth-order valence-electron chi connectivity index (χ4n) is 3.12. The van der Waals surface area contributed by atoms with Crippen molar-refractivity contribution in [3.8, 4) is 5.75 Å². The quantitative estimate of drug-likeness (QED) is 0.703. The van der Waals surface area contributed by atoms with Gasteiger partial charge < -0.3 is 10.1 Å². The van der Waals surface area contributed by atoms with Crippen molar-refractivity contribution in [3.63, 3.8) is 0 Å². The maximum Gasteiger partial charge on any atom is 0.232 e. The van der Waals surface area contributed by atoms with Crippen molar-refractivity contribution in [2.45, 2.75) is 13.0 Å². The van der Waals surface area contributed by atoms with Gasteiger partial charge in [-0.05, 0) is 29.7 Å². The van der Waals surface area contributed by atoms with Crippen molar-refractivity contribution in [1.82, 2.24) is 9.78 Å². The Kier molecular flexibility index (Phi) is 5.05. The molecule has 138 valence electrons. The monoisotopic (exact) mass is 401 g/mol. The molecule has 0 unspecified atom stereocenters. The number of para-hydroxylation sites is 1. The molecule has 1 N–H and O–H groups in total. The Balaban J connectivity index is 1.47. The van der Waals surface area contributed by atoms with Gasteiger partial charge in [0, 0.05) is 6.07 Å². The number of hydrogen-bond donors (Lipinski definition) is 1. The first-order chi connectivity index (χ1) is 13.1. The van der Waals surface area contributed by atoms with E-state index < -0.39 is 0 Å². The van der Waals surface area contributed by atoms with Crippen LogP contribution in [-0.4, -0.2) is 22.3 Å². The van der Waals surface area contributed by atoms with Crippen LogP contribution >= 0.6 is 23.2 Å². The molecule has 0 bridgehead atoms. The lowest BCUT2D eigenvalue weighted by Crippen LogP contribution is -2.33. The van der Waals surface area contributed by atoms with Crippen molar-refractivity contribution in [2.75, 3.05) is 11.9 Å². The number of halogens is 2. The predicted octanol–water partition coefficient (Wildman–Crippen LogP) is 4.43. The highest BCUT2D eigenvalue weighted by Crippen LogP contribution is 2.28. The number of anilines is 1. The van der Waals surface area contributed by atoms with Gasteiger partial charge in [-0.3, -0.25) is 4.79 Å². The standard InChI is InChI=1S/C20H17Cl2N3O2/c21-16-6-3-5-14(19(16)22)11-25-18(8-9-23-25)24-20(26)15-10-13-4-1-2-7-17(13)27-12-15/h1-9,15H,10-12H2,(H,24,26)/t15-/m0/s1. The minimum Gasteiger partial charge on any atom is -0.492 e. The van der Waals surface area contributed by atoms with Crippen LogP contribution in [0.15, 0.2) is 54.7 Å². The minimum atomic E-state index is -0.252. The number of amides is 1. The number of nitrogens with one attached hydrogen (secondary N) is 1. The fraction of sp³-hybridized carbons (Fsp3) is 0.200. The highest BCUT2D eigenvalue weighted by Gasteiger charge is 2.26. The fourth-order valence-corrected chi connectivity index (χ4v) is 3.50. The second-order valence-corrected chi connectivity index (χ2v) is 7.18. The van der Waals surface area contributed by atoms with E-state index in [1.54, 1.807) is 23.0 Å². The average Bonchev–Trinajstić information content (AvgIpc) is 3.11. The Morgan fingerprint density at radius 3 is 2.93 bits per heavy atom. The number of carbonyl (C=O) groups excluding carboxylic acids is 1. The molecule has 5 nitrogen and oxygen atoms in total. The van der Waals surface area contributed by atoms with Gasteiger partial charge in [0.2, 0.25) is 5.91 Å². The van der Waals surface area contributed by atoms with Crippen LogP contribution in [0.5, 0.6) is 5.75 Å². The number of benzene rings is 2. The van der Waals surface area contributed by atoms with Crippen LogP contribution < -0.4 is 10.1 Å². The smallest absolute Gasteiger partial charge is 0.232 e. The number of aromatic nitrogens is 2. The molecule has 1 aliphatic rings. The summed E-state index contributed by atoms with van der Waals surface area (Å²) in [5.41, 5.74) is 1.88. The molecule has 2 heterocycles. The van der Waals surface area contributed by atoms with Gasteiger partial charge in [0.15, 0.2) is 0 Å². The molecule has 1 aliphatic heterocycles. The average molecular weight is 402 g/mol. The highest BCUT2D eigenvalue weighted by molar-refractivity contribution is 6.42. The predicted molar refractivity (Wildman–Crippen MR) is 106 cm³/mol. The van der Waals surface area contributed by atoms with Crippen LogP contribution in [0.3, 0.4) is 0 Å². The van der Waals surface area contributed by atoms with Gasteiger partial charge in [-0.2, -0.15) is 5.10 Å². The van der Waals surface area contributed by atoms with Gasteiger partial charge in [-0.25, -0.2) is 4.68 Å². The minimum absolute atomic E-state index is 0.0940. The molecule has 4 rings (SSSR count). The first-order valence-electron chi connectivity index (χ1n) is 8.58. The van der Waals surface area contributed by atoms with Crippen LogP contribution in [0.4, 0.5) is 5.82 Å². The van der Waals surface area contributed by atoms with Crippen LogP contribution in [0.1, 0.15) is 11.1 Å². The summed E-state index contributed by atoms with van der Waals surface area (Å²) in [6.45, 7) is 0.767. The summed E-state index contributed by atoms with van der Waals surface area (Å²) in [6.07, 6.45) is 2.29. The summed E-state index contributed by atoms with van der Waals surface area (Å²) in [5.74, 6) is 1.11. The lowest BCUT2D eigenvalue weighted by Gasteiger charge is -2.24. The molecule has 1 atom stereocenters. The van der Waals surface area contributed by atoms with Crippen LogP contribution in [0, 0.1) is 5.92 Å². The Labute approximate surface area is 166 Å². The van der Waals surface area contributed by atoms with Crippen LogP contribution in [0.25, 0.3) is 0 Å². The SMILES string of the molecule is O=C(Nc1ccnn1Cc1cccc(Cl)c1Cl)[C@@H]1COc2ccccc2C1. The van der Waals surface area contributed by atoms with Gasteiger partial charge >= 0.3 is 0 Å². The molecule has 0 saturated carbocycles. The van der Waals surface area contributed by atoms with E-state index in [1.807, 2.05) is 36.4 Å².